The van der Waals surface area contributed by atoms with Gasteiger partial charge >= 0.3 is 0 Å². The van der Waals surface area contributed by atoms with E-state index < -0.39 is 0 Å². The molecular formula is C16H25ClN4O. The van der Waals surface area contributed by atoms with Gasteiger partial charge in [0.25, 0.3) is 0 Å². The second-order valence-corrected chi connectivity index (χ2v) is 4.99. The van der Waals surface area contributed by atoms with Crippen molar-refractivity contribution in [2.24, 2.45) is 0 Å². The Labute approximate surface area is 138 Å². The normalized spacial score (nSPS) is 11.0. The molecule has 0 aromatic carbocycles. The van der Waals surface area contributed by atoms with E-state index in [9.17, 15) is 0 Å². The molecule has 0 aliphatic carbocycles. The molecule has 5 nitrogen and oxygen atoms in total. The zero-order valence-electron chi connectivity index (χ0n) is 13.3. The number of halogens is 1. The van der Waals surface area contributed by atoms with Crippen LogP contribution < -0.4 is 5.32 Å². The summed E-state index contributed by atoms with van der Waals surface area (Å²) in [5, 5.41) is 7.88. The molecule has 0 aliphatic heterocycles. The fourth-order valence-corrected chi connectivity index (χ4v) is 2.06. The third-order valence-electron chi connectivity index (χ3n) is 3.23. The van der Waals surface area contributed by atoms with Gasteiger partial charge < -0.3 is 10.1 Å². The molecule has 0 saturated heterocycles. The average molecular weight is 325 g/mol. The summed E-state index contributed by atoms with van der Waals surface area (Å²) in [5.74, 6) is 0.861. The van der Waals surface area contributed by atoms with Crippen molar-refractivity contribution in [1.29, 1.82) is 0 Å². The smallest absolute Gasteiger partial charge is 0.154 e. The van der Waals surface area contributed by atoms with Gasteiger partial charge in [-0.25, -0.2) is 9.50 Å². The van der Waals surface area contributed by atoms with Crippen LogP contribution in [-0.2, 0) is 4.74 Å². The summed E-state index contributed by atoms with van der Waals surface area (Å²) in [4.78, 5) is 4.37. The maximum Gasteiger partial charge on any atom is 0.154 e. The molecule has 0 spiro atoms. The molecule has 1 N–H and O–H groups in total. The second-order valence-electron chi connectivity index (χ2n) is 4.99. The lowest BCUT2D eigenvalue weighted by Gasteiger charge is -2.05. The van der Waals surface area contributed by atoms with E-state index in [1.54, 1.807) is 7.11 Å². The van der Waals surface area contributed by atoms with Crippen LogP contribution in [0.15, 0.2) is 24.4 Å². The third kappa shape index (κ3) is 5.31. The predicted octanol–water partition coefficient (Wildman–Crippen LogP) is 3.80. The number of fused-ring (bicyclic) bond motifs is 1. The van der Waals surface area contributed by atoms with Gasteiger partial charge in [-0.15, -0.1) is 17.5 Å². The van der Waals surface area contributed by atoms with Crippen molar-refractivity contribution < 1.29 is 4.74 Å². The van der Waals surface area contributed by atoms with E-state index in [1.807, 2.05) is 22.8 Å². The standard InChI is InChI=1S/C16H24N4O.ClH/c1-3-4-5-6-8-14-13-18-16-10-9-15(19-20(14)16)17-11-7-12-21-2;/h6,8-10,13H,3-5,7,11-12H2,1-2H3,(H,17,19);1H/b8-6+;. The van der Waals surface area contributed by atoms with Gasteiger partial charge in [-0.3, -0.25) is 0 Å². The largest absolute Gasteiger partial charge is 0.385 e. The average Bonchev–Trinajstić information content (AvgIpc) is 2.91. The fourth-order valence-electron chi connectivity index (χ4n) is 2.06. The second kappa shape index (κ2) is 10.2. The van der Waals surface area contributed by atoms with Gasteiger partial charge in [0, 0.05) is 20.3 Å². The van der Waals surface area contributed by atoms with Crippen molar-refractivity contribution in [1.82, 2.24) is 14.6 Å². The first-order valence-corrected chi connectivity index (χ1v) is 7.59. The van der Waals surface area contributed by atoms with Crippen molar-refractivity contribution in [3.8, 4) is 0 Å². The van der Waals surface area contributed by atoms with E-state index in [-0.39, 0.29) is 12.4 Å². The Morgan fingerprint density at radius 1 is 1.32 bits per heavy atom. The molecule has 0 unspecified atom stereocenters. The first kappa shape index (κ1) is 18.5. The van der Waals surface area contributed by atoms with E-state index in [1.165, 1.54) is 12.8 Å². The van der Waals surface area contributed by atoms with Crippen molar-refractivity contribution >= 4 is 29.9 Å². The summed E-state index contributed by atoms with van der Waals surface area (Å²) in [6.07, 6.45) is 10.6. The van der Waals surface area contributed by atoms with Gasteiger partial charge in [0.2, 0.25) is 0 Å². The first-order valence-electron chi connectivity index (χ1n) is 7.59. The molecule has 2 rings (SSSR count). The van der Waals surface area contributed by atoms with Crippen LogP contribution in [0.2, 0.25) is 0 Å². The molecule has 22 heavy (non-hydrogen) atoms. The maximum absolute atomic E-state index is 5.04. The van der Waals surface area contributed by atoms with E-state index in [0.717, 1.165) is 43.2 Å². The summed E-state index contributed by atoms with van der Waals surface area (Å²) >= 11 is 0. The highest BCUT2D eigenvalue weighted by Crippen LogP contribution is 2.11. The lowest BCUT2D eigenvalue weighted by Crippen LogP contribution is -2.08. The lowest BCUT2D eigenvalue weighted by atomic mass is 10.2. The number of hydrogen-bond acceptors (Lipinski definition) is 4. The van der Waals surface area contributed by atoms with Crippen LogP contribution in [0.5, 0.6) is 0 Å². The van der Waals surface area contributed by atoms with E-state index in [0.29, 0.717) is 0 Å². The van der Waals surface area contributed by atoms with Crippen molar-refractivity contribution in [2.75, 3.05) is 25.6 Å². The van der Waals surface area contributed by atoms with Crippen LogP contribution in [0.3, 0.4) is 0 Å². The number of nitrogens with one attached hydrogen (secondary N) is 1. The summed E-state index contributed by atoms with van der Waals surface area (Å²) in [7, 11) is 1.72. The van der Waals surface area contributed by atoms with Crippen molar-refractivity contribution in [3.05, 3.63) is 30.1 Å². The zero-order chi connectivity index (χ0) is 14.9. The monoisotopic (exact) mass is 324 g/mol. The predicted molar refractivity (Wildman–Crippen MR) is 93.8 cm³/mol. The molecular weight excluding hydrogens is 300 g/mol. The molecule has 0 amide bonds. The number of nitrogens with zero attached hydrogens (tertiary/aromatic N) is 3. The van der Waals surface area contributed by atoms with Crippen LogP contribution in [0.25, 0.3) is 11.7 Å². The van der Waals surface area contributed by atoms with Gasteiger partial charge in [0.1, 0.15) is 5.82 Å². The number of methoxy groups -OCH3 is 1. The molecule has 0 bridgehead atoms. The number of unbranched alkanes of at least 4 members (excludes halogenated alkanes) is 2. The number of imidazole rings is 1. The number of hydrogen-bond donors (Lipinski definition) is 1. The maximum atomic E-state index is 5.04. The summed E-state index contributed by atoms with van der Waals surface area (Å²) in [5.41, 5.74) is 1.88. The minimum atomic E-state index is 0. The van der Waals surface area contributed by atoms with Crippen LogP contribution in [-0.4, -0.2) is 34.9 Å². The van der Waals surface area contributed by atoms with Crippen LogP contribution in [0.1, 0.15) is 38.3 Å². The molecule has 0 aliphatic rings. The minimum Gasteiger partial charge on any atom is -0.385 e. The molecule has 0 saturated carbocycles. The SMILES string of the molecule is CCCC/C=C/c1cnc2ccc(NCCCOC)nn12.Cl. The van der Waals surface area contributed by atoms with Crippen LogP contribution >= 0.6 is 12.4 Å². The minimum absolute atomic E-state index is 0. The summed E-state index contributed by atoms with van der Waals surface area (Å²) in [6.45, 7) is 3.81. The van der Waals surface area contributed by atoms with Crippen molar-refractivity contribution in [2.45, 2.75) is 32.6 Å². The van der Waals surface area contributed by atoms with E-state index in [2.05, 4.69) is 34.5 Å². The molecule has 0 atom stereocenters. The zero-order valence-corrected chi connectivity index (χ0v) is 14.1. The Hall–Kier alpha value is -1.59. The third-order valence-corrected chi connectivity index (χ3v) is 3.23. The number of anilines is 1. The van der Waals surface area contributed by atoms with Gasteiger partial charge in [0.15, 0.2) is 5.65 Å². The summed E-state index contributed by atoms with van der Waals surface area (Å²) < 4.78 is 6.91. The number of ether oxygens (including phenoxy) is 1. The fraction of sp³-hybridized carbons (Fsp3) is 0.500. The first-order chi connectivity index (χ1) is 10.3. The summed E-state index contributed by atoms with van der Waals surface area (Å²) in [6, 6.07) is 3.94. The quantitative estimate of drug-likeness (QED) is 0.713. The van der Waals surface area contributed by atoms with E-state index >= 15 is 0 Å². The van der Waals surface area contributed by atoms with Gasteiger partial charge in [0.05, 0.1) is 11.9 Å². The molecule has 0 radical (unpaired) electrons. The Balaban J connectivity index is 0.00000242. The Kier molecular flexibility index (Phi) is 8.55. The van der Waals surface area contributed by atoms with Crippen LogP contribution in [0, 0.1) is 0 Å². The van der Waals surface area contributed by atoms with Gasteiger partial charge in [-0.1, -0.05) is 25.8 Å². The Morgan fingerprint density at radius 2 is 2.18 bits per heavy atom. The van der Waals surface area contributed by atoms with Gasteiger partial charge in [-0.05, 0) is 31.1 Å². The highest BCUT2D eigenvalue weighted by molar-refractivity contribution is 5.85. The number of allylic oxidation sites excluding steroid dienone is 1. The molecule has 6 heteroatoms. The topological polar surface area (TPSA) is 51.5 Å². The van der Waals surface area contributed by atoms with Crippen LogP contribution in [0.4, 0.5) is 5.82 Å². The number of rotatable bonds is 9. The number of aromatic nitrogens is 3. The van der Waals surface area contributed by atoms with E-state index in [4.69, 9.17) is 4.74 Å². The molecule has 122 valence electrons. The highest BCUT2D eigenvalue weighted by Gasteiger charge is 2.03. The molecule has 2 heterocycles. The lowest BCUT2D eigenvalue weighted by molar-refractivity contribution is 0.197. The van der Waals surface area contributed by atoms with Gasteiger partial charge in [-0.2, -0.15) is 0 Å². The Bertz CT molecular complexity index is 583. The molecule has 0 fully saturated rings. The van der Waals surface area contributed by atoms with Crippen molar-refractivity contribution in [3.63, 3.8) is 0 Å². The highest BCUT2D eigenvalue weighted by atomic mass is 35.5. The molecule has 2 aromatic rings. The molecule has 2 aromatic heterocycles. The Morgan fingerprint density at radius 3 is 2.95 bits per heavy atom.